The van der Waals surface area contributed by atoms with Crippen LogP contribution in [0.3, 0.4) is 0 Å². The summed E-state index contributed by atoms with van der Waals surface area (Å²) in [4.78, 5) is 0.210. The molecule has 6 heteroatoms. The molecule has 0 aliphatic heterocycles. The molecule has 0 saturated heterocycles. The predicted molar refractivity (Wildman–Crippen MR) is 70.3 cm³/mol. The van der Waals surface area contributed by atoms with Crippen LogP contribution >= 0.6 is 11.6 Å². The SMILES string of the molecule is CCCc1ccc(S(=O)(=O)n2cc(Cl)cn2)cc1. The summed E-state index contributed by atoms with van der Waals surface area (Å²) in [6.45, 7) is 2.08. The lowest BCUT2D eigenvalue weighted by Crippen LogP contribution is -2.13. The zero-order valence-electron chi connectivity index (χ0n) is 9.88. The fourth-order valence-corrected chi connectivity index (χ4v) is 2.95. The van der Waals surface area contributed by atoms with E-state index in [1.54, 1.807) is 12.1 Å². The lowest BCUT2D eigenvalue weighted by molar-refractivity contribution is 0.580. The largest absolute Gasteiger partial charge is 0.282 e. The Bertz CT molecular complexity index is 632. The molecule has 96 valence electrons. The predicted octanol–water partition coefficient (Wildman–Crippen LogP) is 2.73. The highest BCUT2D eigenvalue weighted by Crippen LogP contribution is 2.16. The molecule has 2 aromatic rings. The Morgan fingerprint density at radius 1 is 1.28 bits per heavy atom. The minimum atomic E-state index is -3.63. The van der Waals surface area contributed by atoms with Crippen LogP contribution in [0.15, 0.2) is 41.6 Å². The van der Waals surface area contributed by atoms with Crippen LogP contribution in [-0.2, 0) is 16.4 Å². The van der Waals surface area contributed by atoms with Gasteiger partial charge in [0, 0.05) is 0 Å². The number of rotatable bonds is 4. The van der Waals surface area contributed by atoms with E-state index in [1.807, 2.05) is 12.1 Å². The van der Waals surface area contributed by atoms with Crippen LogP contribution in [0.25, 0.3) is 0 Å². The van der Waals surface area contributed by atoms with Gasteiger partial charge in [-0.25, -0.2) is 0 Å². The van der Waals surface area contributed by atoms with Gasteiger partial charge in [0.1, 0.15) is 0 Å². The van der Waals surface area contributed by atoms with Crippen LogP contribution in [0.5, 0.6) is 0 Å². The molecule has 1 aromatic heterocycles. The van der Waals surface area contributed by atoms with E-state index >= 15 is 0 Å². The number of aromatic nitrogens is 2. The van der Waals surface area contributed by atoms with Gasteiger partial charge in [0.25, 0.3) is 10.0 Å². The molecule has 0 atom stereocenters. The van der Waals surface area contributed by atoms with Crippen molar-refractivity contribution in [3.8, 4) is 0 Å². The van der Waals surface area contributed by atoms with E-state index in [4.69, 9.17) is 11.6 Å². The zero-order valence-corrected chi connectivity index (χ0v) is 11.4. The van der Waals surface area contributed by atoms with Gasteiger partial charge in [-0.1, -0.05) is 37.1 Å². The fourth-order valence-electron chi connectivity index (χ4n) is 1.64. The zero-order chi connectivity index (χ0) is 13.2. The van der Waals surface area contributed by atoms with Crippen LogP contribution in [0.2, 0.25) is 5.02 Å². The summed E-state index contributed by atoms with van der Waals surface area (Å²) < 4.78 is 25.2. The van der Waals surface area contributed by atoms with Crippen molar-refractivity contribution in [3.63, 3.8) is 0 Å². The molecule has 4 nitrogen and oxygen atoms in total. The van der Waals surface area contributed by atoms with Crippen LogP contribution in [0, 0.1) is 0 Å². The normalized spacial score (nSPS) is 11.7. The van der Waals surface area contributed by atoms with E-state index in [2.05, 4.69) is 12.0 Å². The molecular formula is C12H13ClN2O2S. The van der Waals surface area contributed by atoms with Gasteiger partial charge in [-0.2, -0.15) is 17.6 Å². The third-order valence-corrected chi connectivity index (χ3v) is 4.29. The van der Waals surface area contributed by atoms with Crippen molar-refractivity contribution in [1.82, 2.24) is 9.19 Å². The molecule has 1 heterocycles. The second kappa shape index (κ2) is 5.12. The molecule has 0 amide bonds. The summed E-state index contributed by atoms with van der Waals surface area (Å²) in [5.41, 5.74) is 1.12. The van der Waals surface area contributed by atoms with Crippen molar-refractivity contribution in [3.05, 3.63) is 47.2 Å². The number of hydrogen-bond donors (Lipinski definition) is 0. The van der Waals surface area contributed by atoms with Crippen molar-refractivity contribution in [2.75, 3.05) is 0 Å². The van der Waals surface area contributed by atoms with Crippen molar-refractivity contribution in [2.24, 2.45) is 0 Å². The molecule has 0 bridgehead atoms. The summed E-state index contributed by atoms with van der Waals surface area (Å²) in [6.07, 6.45) is 4.54. The number of nitrogens with zero attached hydrogens (tertiary/aromatic N) is 2. The molecule has 0 aliphatic rings. The molecule has 0 fully saturated rings. The highest BCUT2D eigenvalue weighted by molar-refractivity contribution is 7.89. The lowest BCUT2D eigenvalue weighted by Gasteiger charge is -2.05. The van der Waals surface area contributed by atoms with Gasteiger partial charge in [-0.3, -0.25) is 0 Å². The highest BCUT2D eigenvalue weighted by Gasteiger charge is 2.17. The molecule has 1 aromatic carbocycles. The fraction of sp³-hybridized carbons (Fsp3) is 0.250. The Morgan fingerprint density at radius 3 is 2.44 bits per heavy atom. The van der Waals surface area contributed by atoms with E-state index in [9.17, 15) is 8.42 Å². The maximum absolute atomic E-state index is 12.2. The Balaban J connectivity index is 2.36. The average Bonchev–Trinajstić information content (AvgIpc) is 2.78. The smallest absolute Gasteiger partial charge is 0.199 e. The first-order valence-electron chi connectivity index (χ1n) is 5.58. The molecule has 0 radical (unpaired) electrons. The molecule has 0 spiro atoms. The Labute approximate surface area is 111 Å². The van der Waals surface area contributed by atoms with Crippen LogP contribution in [0.4, 0.5) is 0 Å². The molecule has 0 saturated carbocycles. The highest BCUT2D eigenvalue weighted by atomic mass is 35.5. The standard InChI is InChI=1S/C12H13ClN2O2S/c1-2-3-10-4-6-12(7-5-10)18(16,17)15-9-11(13)8-14-15/h4-9H,2-3H2,1H3. The first-order chi connectivity index (χ1) is 8.54. The van der Waals surface area contributed by atoms with Gasteiger partial charge >= 0.3 is 0 Å². The van der Waals surface area contributed by atoms with Gasteiger partial charge < -0.3 is 0 Å². The van der Waals surface area contributed by atoms with Gasteiger partial charge in [0.05, 0.1) is 22.3 Å². The number of hydrogen-bond acceptors (Lipinski definition) is 3. The van der Waals surface area contributed by atoms with Crippen LogP contribution < -0.4 is 0 Å². The summed E-state index contributed by atoms with van der Waals surface area (Å²) in [5, 5.41) is 4.01. The van der Waals surface area contributed by atoms with Gasteiger partial charge in [-0.05, 0) is 24.1 Å². The van der Waals surface area contributed by atoms with E-state index in [-0.39, 0.29) is 4.90 Å². The third-order valence-electron chi connectivity index (χ3n) is 2.53. The first-order valence-corrected chi connectivity index (χ1v) is 7.40. The second-order valence-electron chi connectivity index (χ2n) is 3.93. The molecule has 0 N–H and O–H groups in total. The number of halogens is 1. The second-order valence-corrected chi connectivity index (χ2v) is 6.16. The summed E-state index contributed by atoms with van der Waals surface area (Å²) >= 11 is 5.67. The summed E-state index contributed by atoms with van der Waals surface area (Å²) in [6, 6.07) is 6.83. The van der Waals surface area contributed by atoms with E-state index in [0.29, 0.717) is 5.02 Å². The maximum atomic E-state index is 12.2. The van der Waals surface area contributed by atoms with E-state index in [1.165, 1.54) is 12.4 Å². The summed E-state index contributed by atoms with van der Waals surface area (Å²) in [5.74, 6) is 0. The number of aryl methyl sites for hydroxylation is 1. The quantitative estimate of drug-likeness (QED) is 0.867. The van der Waals surface area contributed by atoms with E-state index in [0.717, 1.165) is 22.5 Å². The van der Waals surface area contributed by atoms with Crippen LogP contribution in [-0.4, -0.2) is 17.6 Å². The first kappa shape index (κ1) is 13.1. The van der Waals surface area contributed by atoms with Gasteiger partial charge in [0.15, 0.2) is 0 Å². The summed E-state index contributed by atoms with van der Waals surface area (Å²) in [7, 11) is -3.63. The molecule has 2 rings (SSSR count). The Kier molecular flexibility index (Phi) is 3.73. The number of benzene rings is 1. The topological polar surface area (TPSA) is 52.0 Å². The van der Waals surface area contributed by atoms with Gasteiger partial charge in [-0.15, -0.1) is 0 Å². The van der Waals surface area contributed by atoms with Crippen molar-refractivity contribution in [2.45, 2.75) is 24.7 Å². The third kappa shape index (κ3) is 2.57. The Morgan fingerprint density at radius 2 is 1.94 bits per heavy atom. The molecule has 0 aliphatic carbocycles. The minimum Gasteiger partial charge on any atom is -0.199 e. The molecule has 18 heavy (non-hydrogen) atoms. The minimum absolute atomic E-state index is 0.210. The van der Waals surface area contributed by atoms with Crippen molar-refractivity contribution >= 4 is 21.6 Å². The maximum Gasteiger partial charge on any atom is 0.282 e. The van der Waals surface area contributed by atoms with E-state index < -0.39 is 10.0 Å². The lowest BCUT2D eigenvalue weighted by atomic mass is 10.1. The molecular weight excluding hydrogens is 272 g/mol. The average molecular weight is 285 g/mol. The molecule has 0 unspecified atom stereocenters. The monoisotopic (exact) mass is 284 g/mol. The van der Waals surface area contributed by atoms with Crippen molar-refractivity contribution in [1.29, 1.82) is 0 Å². The van der Waals surface area contributed by atoms with Crippen LogP contribution in [0.1, 0.15) is 18.9 Å². The Hall–Kier alpha value is -1.33. The van der Waals surface area contributed by atoms with Crippen molar-refractivity contribution < 1.29 is 8.42 Å². The van der Waals surface area contributed by atoms with Gasteiger partial charge in [0.2, 0.25) is 0 Å².